The number of anilines is 2. The molecule has 0 radical (unpaired) electrons. The molecule has 6 heteroatoms. The number of ether oxygens (including phenoxy) is 3. The van der Waals surface area contributed by atoms with Crippen LogP contribution in [0.1, 0.15) is 6.92 Å². The van der Waals surface area contributed by atoms with Crippen LogP contribution in [0.4, 0.5) is 11.4 Å². The number of methoxy groups -OCH3 is 1. The molecule has 1 aliphatic rings. The molecule has 0 aliphatic carbocycles. The standard InChI is InChI=1S/C16H17NO4S/c1-11(18)17(13-5-6-22-10-13)12-3-4-15(16(7-12)19-2)21-9-14-8-20-14/h3-7,10,14H,8-9H2,1-2H3. The first-order valence-electron chi connectivity index (χ1n) is 6.94. The normalized spacial score (nSPS) is 16.2. The predicted octanol–water partition coefficient (Wildman–Crippen LogP) is 3.22. The summed E-state index contributed by atoms with van der Waals surface area (Å²) in [5.41, 5.74) is 1.59. The SMILES string of the molecule is COc1cc(N(C(C)=O)c2ccsc2)ccc1OCC1CO1. The highest BCUT2D eigenvalue weighted by Crippen LogP contribution is 2.35. The number of amides is 1. The summed E-state index contributed by atoms with van der Waals surface area (Å²) in [6.07, 6.45) is 0.184. The zero-order valence-electron chi connectivity index (χ0n) is 12.4. The van der Waals surface area contributed by atoms with Gasteiger partial charge < -0.3 is 14.2 Å². The molecule has 116 valence electrons. The van der Waals surface area contributed by atoms with Crippen LogP contribution in [-0.2, 0) is 9.53 Å². The molecule has 0 bridgehead atoms. The lowest BCUT2D eigenvalue weighted by molar-refractivity contribution is -0.115. The second-order valence-corrected chi connectivity index (χ2v) is 5.72. The Morgan fingerprint density at radius 1 is 1.36 bits per heavy atom. The fourth-order valence-corrected chi connectivity index (χ4v) is 2.78. The van der Waals surface area contributed by atoms with Crippen molar-refractivity contribution in [1.82, 2.24) is 0 Å². The maximum Gasteiger partial charge on any atom is 0.228 e. The molecule has 1 fully saturated rings. The van der Waals surface area contributed by atoms with Crippen LogP contribution < -0.4 is 14.4 Å². The van der Waals surface area contributed by atoms with Crippen molar-refractivity contribution in [2.24, 2.45) is 0 Å². The van der Waals surface area contributed by atoms with Gasteiger partial charge in [0, 0.05) is 18.4 Å². The quantitative estimate of drug-likeness (QED) is 0.767. The minimum Gasteiger partial charge on any atom is -0.493 e. The van der Waals surface area contributed by atoms with E-state index in [1.807, 2.05) is 35.0 Å². The minimum atomic E-state index is -0.0551. The summed E-state index contributed by atoms with van der Waals surface area (Å²) in [7, 11) is 1.59. The maximum absolute atomic E-state index is 12.0. The number of hydrogen-bond acceptors (Lipinski definition) is 5. The molecule has 3 rings (SSSR count). The minimum absolute atomic E-state index is 0.0551. The van der Waals surface area contributed by atoms with Gasteiger partial charge in [0.05, 0.1) is 25.1 Å². The summed E-state index contributed by atoms with van der Waals surface area (Å²) in [5.74, 6) is 1.19. The van der Waals surface area contributed by atoms with Crippen LogP contribution in [0.5, 0.6) is 11.5 Å². The van der Waals surface area contributed by atoms with Crippen molar-refractivity contribution < 1.29 is 19.0 Å². The second-order valence-electron chi connectivity index (χ2n) is 4.94. The van der Waals surface area contributed by atoms with E-state index in [0.717, 1.165) is 18.0 Å². The Morgan fingerprint density at radius 3 is 2.77 bits per heavy atom. The third-order valence-corrected chi connectivity index (χ3v) is 3.98. The van der Waals surface area contributed by atoms with Gasteiger partial charge in [-0.05, 0) is 23.6 Å². The highest BCUT2D eigenvalue weighted by molar-refractivity contribution is 7.08. The molecule has 1 amide bonds. The number of thiophene rings is 1. The van der Waals surface area contributed by atoms with Gasteiger partial charge in [-0.3, -0.25) is 9.69 Å². The summed E-state index contributed by atoms with van der Waals surface area (Å²) in [6.45, 7) is 2.80. The first-order chi connectivity index (χ1) is 10.7. The Morgan fingerprint density at radius 2 is 2.18 bits per heavy atom. The molecule has 1 unspecified atom stereocenters. The van der Waals surface area contributed by atoms with Gasteiger partial charge in [0.1, 0.15) is 12.7 Å². The monoisotopic (exact) mass is 319 g/mol. The van der Waals surface area contributed by atoms with Gasteiger partial charge in [0.25, 0.3) is 0 Å². The molecule has 22 heavy (non-hydrogen) atoms. The number of epoxide rings is 1. The summed E-state index contributed by atoms with van der Waals surface area (Å²) in [5, 5.41) is 3.87. The highest BCUT2D eigenvalue weighted by Gasteiger charge is 2.24. The summed E-state index contributed by atoms with van der Waals surface area (Å²) in [4.78, 5) is 13.6. The molecular formula is C16H17NO4S. The zero-order chi connectivity index (χ0) is 15.5. The molecular weight excluding hydrogens is 302 g/mol. The average Bonchev–Trinajstić information content (AvgIpc) is 3.20. The van der Waals surface area contributed by atoms with Gasteiger partial charge in [-0.15, -0.1) is 0 Å². The fraction of sp³-hybridized carbons (Fsp3) is 0.312. The van der Waals surface area contributed by atoms with Gasteiger partial charge >= 0.3 is 0 Å². The van der Waals surface area contributed by atoms with Crippen LogP contribution in [0, 0.1) is 0 Å². The van der Waals surface area contributed by atoms with E-state index >= 15 is 0 Å². The Kier molecular flexibility index (Phi) is 4.31. The Bertz CT molecular complexity index is 652. The van der Waals surface area contributed by atoms with E-state index in [9.17, 15) is 4.79 Å². The third-order valence-electron chi connectivity index (χ3n) is 3.31. The Hall–Kier alpha value is -2.05. The summed E-state index contributed by atoms with van der Waals surface area (Å²) < 4.78 is 16.2. The molecule has 2 heterocycles. The molecule has 0 saturated carbocycles. The van der Waals surface area contributed by atoms with Crippen LogP contribution >= 0.6 is 11.3 Å². The molecule has 5 nitrogen and oxygen atoms in total. The van der Waals surface area contributed by atoms with E-state index in [1.54, 1.807) is 30.3 Å². The van der Waals surface area contributed by atoms with Crippen LogP contribution in [0.15, 0.2) is 35.0 Å². The number of carbonyl (C=O) groups is 1. The van der Waals surface area contributed by atoms with Gasteiger partial charge in [0.15, 0.2) is 11.5 Å². The molecule has 1 atom stereocenters. The van der Waals surface area contributed by atoms with Gasteiger partial charge in [0.2, 0.25) is 5.91 Å². The number of hydrogen-bond donors (Lipinski definition) is 0. The first-order valence-corrected chi connectivity index (χ1v) is 7.88. The topological polar surface area (TPSA) is 51.3 Å². The van der Waals surface area contributed by atoms with Crippen molar-refractivity contribution in [3.63, 3.8) is 0 Å². The van der Waals surface area contributed by atoms with E-state index in [1.165, 1.54) is 0 Å². The summed E-state index contributed by atoms with van der Waals surface area (Å²) in [6, 6.07) is 7.39. The van der Waals surface area contributed by atoms with E-state index in [2.05, 4.69) is 0 Å². The number of rotatable bonds is 6. The van der Waals surface area contributed by atoms with Crippen molar-refractivity contribution in [1.29, 1.82) is 0 Å². The third kappa shape index (κ3) is 3.23. The van der Waals surface area contributed by atoms with Gasteiger partial charge in [-0.25, -0.2) is 0 Å². The van der Waals surface area contributed by atoms with Crippen LogP contribution in [0.3, 0.4) is 0 Å². The van der Waals surface area contributed by atoms with Crippen molar-refractivity contribution in [3.05, 3.63) is 35.0 Å². The lowest BCUT2D eigenvalue weighted by Gasteiger charge is -2.21. The molecule has 0 N–H and O–H groups in total. The molecule has 1 aliphatic heterocycles. The smallest absolute Gasteiger partial charge is 0.228 e. The lowest BCUT2D eigenvalue weighted by atomic mass is 10.2. The van der Waals surface area contributed by atoms with E-state index < -0.39 is 0 Å². The van der Waals surface area contributed by atoms with E-state index in [-0.39, 0.29) is 12.0 Å². The number of benzene rings is 1. The zero-order valence-corrected chi connectivity index (χ0v) is 13.3. The molecule has 1 saturated heterocycles. The van der Waals surface area contributed by atoms with Crippen molar-refractivity contribution in [3.8, 4) is 11.5 Å². The van der Waals surface area contributed by atoms with E-state index in [0.29, 0.717) is 18.1 Å². The average molecular weight is 319 g/mol. The predicted molar refractivity (Wildman–Crippen MR) is 85.4 cm³/mol. The molecule has 1 aromatic carbocycles. The largest absolute Gasteiger partial charge is 0.493 e. The fourth-order valence-electron chi connectivity index (χ4n) is 2.16. The van der Waals surface area contributed by atoms with Gasteiger partial charge in [-0.1, -0.05) is 0 Å². The van der Waals surface area contributed by atoms with Crippen LogP contribution in [-0.4, -0.2) is 32.3 Å². The molecule has 2 aromatic rings. The maximum atomic E-state index is 12.0. The van der Waals surface area contributed by atoms with Crippen molar-refractivity contribution in [2.45, 2.75) is 13.0 Å². The Labute approximate surface area is 133 Å². The van der Waals surface area contributed by atoms with Gasteiger partial charge in [-0.2, -0.15) is 11.3 Å². The lowest BCUT2D eigenvalue weighted by Crippen LogP contribution is -2.22. The Balaban J connectivity index is 1.87. The molecule has 1 aromatic heterocycles. The first kappa shape index (κ1) is 14.9. The van der Waals surface area contributed by atoms with Crippen molar-refractivity contribution in [2.75, 3.05) is 25.2 Å². The number of carbonyl (C=O) groups excluding carboxylic acids is 1. The van der Waals surface area contributed by atoms with E-state index in [4.69, 9.17) is 14.2 Å². The summed E-state index contributed by atoms with van der Waals surface area (Å²) >= 11 is 1.55. The van der Waals surface area contributed by atoms with Crippen molar-refractivity contribution >= 4 is 28.6 Å². The van der Waals surface area contributed by atoms with Crippen LogP contribution in [0.2, 0.25) is 0 Å². The second kappa shape index (κ2) is 6.37. The molecule has 0 spiro atoms. The van der Waals surface area contributed by atoms with Crippen LogP contribution in [0.25, 0.3) is 0 Å². The number of nitrogens with zero attached hydrogens (tertiary/aromatic N) is 1. The highest BCUT2D eigenvalue weighted by atomic mass is 32.1.